The normalized spacial score (nSPS) is 21.1. The Morgan fingerprint density at radius 1 is 1.18 bits per heavy atom. The fourth-order valence-electron chi connectivity index (χ4n) is 5.75. The van der Waals surface area contributed by atoms with E-state index in [2.05, 4.69) is 36.3 Å². The standard InChI is InChI=1S/C32H45N3O5/c1-22-18-35(23(2)21-36)31(37)17-26-16-27(33-32(38)25-8-6-5-7-9-25)12-15-29(26)40-30(22)20-34(3)19-24-10-13-28(39-4)14-11-24/h10-16,22-23,25,30,36H,5-9,17-21H2,1-4H3,(H,33,38)/t22-,23?,30+/m1/s1. The predicted octanol–water partition coefficient (Wildman–Crippen LogP) is 4.50. The van der Waals surface area contributed by atoms with E-state index in [-0.39, 0.29) is 48.8 Å². The number of hydrogen-bond donors (Lipinski definition) is 2. The number of carbonyl (C=O) groups is 2. The number of aliphatic hydroxyl groups is 1. The summed E-state index contributed by atoms with van der Waals surface area (Å²) in [5.74, 6) is 1.56. The summed E-state index contributed by atoms with van der Waals surface area (Å²) in [6.07, 6.45) is 5.19. The number of methoxy groups -OCH3 is 1. The van der Waals surface area contributed by atoms with Crippen LogP contribution >= 0.6 is 0 Å². The number of fused-ring (bicyclic) bond motifs is 1. The van der Waals surface area contributed by atoms with Crippen molar-refractivity contribution in [1.29, 1.82) is 0 Å². The van der Waals surface area contributed by atoms with Crippen LogP contribution in [0, 0.1) is 11.8 Å². The van der Waals surface area contributed by atoms with Crippen molar-refractivity contribution in [3.8, 4) is 11.5 Å². The van der Waals surface area contributed by atoms with Crippen molar-refractivity contribution < 1.29 is 24.2 Å². The number of anilines is 1. The molecule has 0 spiro atoms. The topological polar surface area (TPSA) is 91.3 Å². The molecule has 0 aromatic heterocycles. The molecule has 4 rings (SSSR count). The molecule has 3 atom stereocenters. The molecular weight excluding hydrogens is 506 g/mol. The minimum absolute atomic E-state index is 0.0212. The van der Waals surface area contributed by atoms with Crippen LogP contribution in [0.1, 0.15) is 57.1 Å². The van der Waals surface area contributed by atoms with E-state index in [4.69, 9.17) is 9.47 Å². The van der Waals surface area contributed by atoms with Crippen LogP contribution in [0.15, 0.2) is 42.5 Å². The lowest BCUT2D eigenvalue weighted by atomic mass is 9.88. The molecule has 2 aromatic rings. The van der Waals surface area contributed by atoms with Crippen LogP contribution in [0.25, 0.3) is 0 Å². The first kappa shape index (κ1) is 29.9. The van der Waals surface area contributed by atoms with Gasteiger partial charge < -0.3 is 24.8 Å². The Bertz CT molecular complexity index is 1130. The van der Waals surface area contributed by atoms with Crippen LogP contribution in [0.2, 0.25) is 0 Å². The summed E-state index contributed by atoms with van der Waals surface area (Å²) >= 11 is 0. The van der Waals surface area contributed by atoms with E-state index in [9.17, 15) is 14.7 Å². The van der Waals surface area contributed by atoms with Crippen LogP contribution in [-0.2, 0) is 22.6 Å². The Kier molecular flexibility index (Phi) is 10.5. The van der Waals surface area contributed by atoms with Crippen molar-refractivity contribution in [1.82, 2.24) is 9.80 Å². The lowest BCUT2D eigenvalue weighted by molar-refractivity contribution is -0.134. The van der Waals surface area contributed by atoms with E-state index in [1.54, 1.807) is 12.0 Å². The molecule has 1 saturated carbocycles. The highest BCUT2D eigenvalue weighted by Crippen LogP contribution is 2.31. The summed E-state index contributed by atoms with van der Waals surface area (Å²) in [7, 11) is 3.73. The molecule has 1 aliphatic carbocycles. The van der Waals surface area contributed by atoms with Gasteiger partial charge in [-0.05, 0) is 62.7 Å². The van der Waals surface area contributed by atoms with Crippen LogP contribution in [0.5, 0.6) is 11.5 Å². The van der Waals surface area contributed by atoms with Gasteiger partial charge in [-0.3, -0.25) is 14.5 Å². The number of nitrogens with one attached hydrogen (secondary N) is 1. The lowest BCUT2D eigenvalue weighted by Gasteiger charge is -2.34. The van der Waals surface area contributed by atoms with E-state index in [0.29, 0.717) is 24.5 Å². The zero-order valence-electron chi connectivity index (χ0n) is 24.4. The van der Waals surface area contributed by atoms with Crippen molar-refractivity contribution in [2.45, 2.75) is 71.1 Å². The summed E-state index contributed by atoms with van der Waals surface area (Å²) in [6.45, 7) is 5.75. The number of carbonyl (C=O) groups excluding carboxylic acids is 2. The smallest absolute Gasteiger partial charge is 0.227 e. The lowest BCUT2D eigenvalue weighted by Crippen LogP contribution is -2.47. The molecular formula is C32H45N3O5. The molecule has 8 heteroatoms. The minimum Gasteiger partial charge on any atom is -0.497 e. The second kappa shape index (κ2) is 14.0. The maximum atomic E-state index is 13.5. The number of amides is 2. The Hall–Kier alpha value is -3.10. The van der Waals surface area contributed by atoms with Crippen molar-refractivity contribution in [2.24, 2.45) is 11.8 Å². The molecule has 0 saturated heterocycles. The second-order valence-electron chi connectivity index (χ2n) is 11.6. The van der Waals surface area contributed by atoms with Crippen LogP contribution in [0.4, 0.5) is 5.69 Å². The monoisotopic (exact) mass is 551 g/mol. The molecule has 1 aliphatic heterocycles. The van der Waals surface area contributed by atoms with Gasteiger partial charge in [-0.15, -0.1) is 0 Å². The molecule has 2 amide bonds. The van der Waals surface area contributed by atoms with E-state index in [0.717, 1.165) is 43.5 Å². The summed E-state index contributed by atoms with van der Waals surface area (Å²) in [5.41, 5.74) is 2.61. The average Bonchev–Trinajstić information content (AvgIpc) is 3.01. The summed E-state index contributed by atoms with van der Waals surface area (Å²) in [4.78, 5) is 30.4. The summed E-state index contributed by atoms with van der Waals surface area (Å²) in [6, 6.07) is 13.4. The molecule has 1 unspecified atom stereocenters. The van der Waals surface area contributed by atoms with E-state index < -0.39 is 0 Å². The largest absolute Gasteiger partial charge is 0.497 e. The van der Waals surface area contributed by atoms with E-state index >= 15 is 0 Å². The molecule has 40 heavy (non-hydrogen) atoms. The van der Waals surface area contributed by atoms with Gasteiger partial charge >= 0.3 is 0 Å². The van der Waals surface area contributed by atoms with Gasteiger partial charge in [-0.1, -0.05) is 38.3 Å². The number of ether oxygens (including phenoxy) is 2. The third-order valence-corrected chi connectivity index (χ3v) is 8.26. The number of aliphatic hydroxyl groups excluding tert-OH is 1. The number of likely N-dealkylation sites (N-methyl/N-ethyl adjacent to an activating group) is 1. The highest BCUT2D eigenvalue weighted by molar-refractivity contribution is 5.93. The molecule has 2 aliphatic rings. The number of rotatable bonds is 9. The van der Waals surface area contributed by atoms with Gasteiger partial charge in [-0.2, -0.15) is 0 Å². The third-order valence-electron chi connectivity index (χ3n) is 8.26. The molecule has 2 N–H and O–H groups in total. The Morgan fingerprint density at radius 3 is 2.58 bits per heavy atom. The van der Waals surface area contributed by atoms with Gasteiger partial charge in [0.1, 0.15) is 17.6 Å². The molecule has 1 heterocycles. The van der Waals surface area contributed by atoms with Crippen molar-refractivity contribution in [3.05, 3.63) is 53.6 Å². The number of hydrogen-bond acceptors (Lipinski definition) is 6. The summed E-state index contributed by atoms with van der Waals surface area (Å²) in [5, 5.41) is 13.0. The minimum atomic E-state index is -0.302. The summed E-state index contributed by atoms with van der Waals surface area (Å²) < 4.78 is 11.9. The van der Waals surface area contributed by atoms with Gasteiger partial charge in [0, 0.05) is 42.7 Å². The van der Waals surface area contributed by atoms with Crippen LogP contribution < -0.4 is 14.8 Å². The fraction of sp³-hybridized carbons (Fsp3) is 0.562. The maximum absolute atomic E-state index is 13.5. The van der Waals surface area contributed by atoms with Gasteiger partial charge in [0.25, 0.3) is 0 Å². The molecule has 1 fully saturated rings. The van der Waals surface area contributed by atoms with Gasteiger partial charge in [0.2, 0.25) is 11.8 Å². The number of nitrogens with zero attached hydrogens (tertiary/aromatic N) is 2. The molecule has 2 aromatic carbocycles. The predicted molar refractivity (Wildman–Crippen MR) is 157 cm³/mol. The van der Waals surface area contributed by atoms with Crippen molar-refractivity contribution in [3.63, 3.8) is 0 Å². The first-order valence-corrected chi connectivity index (χ1v) is 14.6. The highest BCUT2D eigenvalue weighted by atomic mass is 16.5. The Morgan fingerprint density at radius 2 is 1.90 bits per heavy atom. The molecule has 0 radical (unpaired) electrons. The third kappa shape index (κ3) is 7.76. The van der Waals surface area contributed by atoms with Crippen LogP contribution in [0.3, 0.4) is 0 Å². The van der Waals surface area contributed by atoms with Gasteiger partial charge in [0.15, 0.2) is 0 Å². The zero-order chi connectivity index (χ0) is 28.6. The first-order valence-electron chi connectivity index (χ1n) is 14.6. The number of benzene rings is 2. The molecule has 0 bridgehead atoms. The highest BCUT2D eigenvalue weighted by Gasteiger charge is 2.31. The van der Waals surface area contributed by atoms with Gasteiger partial charge in [-0.25, -0.2) is 0 Å². The quantitative estimate of drug-likeness (QED) is 0.477. The van der Waals surface area contributed by atoms with Crippen molar-refractivity contribution >= 4 is 17.5 Å². The fourth-order valence-corrected chi connectivity index (χ4v) is 5.75. The Labute approximate surface area is 238 Å². The molecule has 8 nitrogen and oxygen atoms in total. The van der Waals surface area contributed by atoms with E-state index in [1.807, 2.05) is 37.3 Å². The average molecular weight is 552 g/mol. The van der Waals surface area contributed by atoms with E-state index in [1.165, 1.54) is 12.0 Å². The Balaban J connectivity index is 1.55. The molecule has 218 valence electrons. The first-order chi connectivity index (χ1) is 19.3. The zero-order valence-corrected chi connectivity index (χ0v) is 24.4. The van der Waals surface area contributed by atoms with Crippen LogP contribution in [-0.4, -0.2) is 72.7 Å². The maximum Gasteiger partial charge on any atom is 0.227 e. The van der Waals surface area contributed by atoms with Crippen molar-refractivity contribution in [2.75, 3.05) is 39.2 Å². The SMILES string of the molecule is COc1ccc(CN(C)C[C@@H]2Oc3ccc(NC(=O)C4CCCCC4)cc3CC(=O)N(C(C)CO)C[C@H]2C)cc1. The second-order valence-corrected chi connectivity index (χ2v) is 11.6. The van der Waals surface area contributed by atoms with Gasteiger partial charge in [0.05, 0.1) is 26.2 Å².